The largest absolute Gasteiger partial charge is 0.367 e. The molecule has 0 bridgehead atoms. The summed E-state index contributed by atoms with van der Waals surface area (Å²) in [6.07, 6.45) is 13.5. The van der Waals surface area contributed by atoms with Crippen molar-refractivity contribution in [1.82, 2.24) is 4.90 Å². The van der Waals surface area contributed by atoms with Crippen molar-refractivity contribution >= 4 is 0 Å². The summed E-state index contributed by atoms with van der Waals surface area (Å²) in [4.78, 5) is 2.15. The topological polar surface area (TPSA) is 43.7 Å². The van der Waals surface area contributed by atoms with E-state index >= 15 is 0 Å². The third-order valence-electron chi connectivity index (χ3n) is 4.75. The standard InChI is InChI=1S/C22H39NO2/c1-2-3-4-5-6-7-8-9-10-11-15-18-23(20-22(24)25)19-21-16-13-12-14-17-21/h12-14,16-17,22,24-25H,2-11,15,18-20H2,1H3. The number of aliphatic hydroxyl groups is 2. The van der Waals surface area contributed by atoms with Crippen LogP contribution in [0, 0.1) is 0 Å². The molecule has 0 radical (unpaired) electrons. The molecule has 0 aromatic heterocycles. The van der Waals surface area contributed by atoms with Crippen LogP contribution in [0.1, 0.15) is 83.1 Å². The summed E-state index contributed by atoms with van der Waals surface area (Å²) in [6.45, 7) is 4.31. The lowest BCUT2D eigenvalue weighted by Crippen LogP contribution is -2.32. The average Bonchev–Trinajstić information content (AvgIpc) is 2.60. The highest BCUT2D eigenvalue weighted by Gasteiger charge is 2.09. The van der Waals surface area contributed by atoms with Crippen molar-refractivity contribution in [2.45, 2.75) is 90.4 Å². The van der Waals surface area contributed by atoms with Crippen LogP contribution >= 0.6 is 0 Å². The average molecular weight is 350 g/mol. The SMILES string of the molecule is CCCCCCCCCCCCCN(Cc1ccccc1)CC(O)O. The predicted octanol–water partition coefficient (Wildman–Crippen LogP) is 5.11. The minimum atomic E-state index is -1.25. The molecule has 0 aliphatic heterocycles. The summed E-state index contributed by atoms with van der Waals surface area (Å²) in [5.74, 6) is 0. The first-order valence-corrected chi connectivity index (χ1v) is 10.3. The molecule has 2 N–H and O–H groups in total. The molecule has 3 nitrogen and oxygen atoms in total. The lowest BCUT2D eigenvalue weighted by molar-refractivity contribution is -0.0628. The van der Waals surface area contributed by atoms with Gasteiger partial charge in [-0.1, -0.05) is 101 Å². The molecule has 1 rings (SSSR count). The van der Waals surface area contributed by atoms with Crippen molar-refractivity contribution in [1.29, 1.82) is 0 Å². The summed E-state index contributed by atoms with van der Waals surface area (Å²) in [6, 6.07) is 10.3. The zero-order valence-electron chi connectivity index (χ0n) is 16.2. The van der Waals surface area contributed by atoms with Gasteiger partial charge in [-0.2, -0.15) is 0 Å². The van der Waals surface area contributed by atoms with E-state index in [1.165, 1.54) is 69.8 Å². The molecule has 1 aromatic rings. The lowest BCUT2D eigenvalue weighted by Gasteiger charge is -2.23. The minimum absolute atomic E-state index is 0.326. The molecule has 1 aromatic carbocycles. The molecule has 0 saturated carbocycles. The van der Waals surface area contributed by atoms with Crippen LogP contribution in [-0.2, 0) is 6.54 Å². The molecule has 0 aliphatic carbocycles. The van der Waals surface area contributed by atoms with Crippen molar-refractivity contribution in [3.8, 4) is 0 Å². The van der Waals surface area contributed by atoms with Crippen molar-refractivity contribution in [2.75, 3.05) is 13.1 Å². The van der Waals surface area contributed by atoms with E-state index in [2.05, 4.69) is 24.0 Å². The molecule has 0 aliphatic rings. The second kappa shape index (κ2) is 15.4. The Labute approximate surface area is 155 Å². The van der Waals surface area contributed by atoms with Crippen molar-refractivity contribution < 1.29 is 10.2 Å². The molecule has 0 amide bonds. The molecular weight excluding hydrogens is 310 g/mol. The fraction of sp³-hybridized carbons (Fsp3) is 0.727. The number of benzene rings is 1. The molecule has 0 spiro atoms. The van der Waals surface area contributed by atoms with Crippen LogP contribution in [0.5, 0.6) is 0 Å². The number of unbranched alkanes of at least 4 members (excludes halogenated alkanes) is 10. The summed E-state index contributed by atoms with van der Waals surface area (Å²) >= 11 is 0. The molecule has 0 fully saturated rings. The van der Waals surface area contributed by atoms with Gasteiger partial charge < -0.3 is 10.2 Å². The Balaban J connectivity index is 2.06. The number of hydrogen-bond donors (Lipinski definition) is 2. The van der Waals surface area contributed by atoms with Gasteiger partial charge >= 0.3 is 0 Å². The third-order valence-corrected chi connectivity index (χ3v) is 4.75. The number of nitrogens with zero attached hydrogens (tertiary/aromatic N) is 1. The predicted molar refractivity (Wildman–Crippen MR) is 106 cm³/mol. The third kappa shape index (κ3) is 13.0. The van der Waals surface area contributed by atoms with Crippen LogP contribution in [0.2, 0.25) is 0 Å². The quantitative estimate of drug-likeness (QED) is 0.322. The molecule has 0 saturated heterocycles. The fourth-order valence-electron chi connectivity index (χ4n) is 3.31. The van der Waals surface area contributed by atoms with Gasteiger partial charge in [0.25, 0.3) is 0 Å². The molecule has 0 atom stereocenters. The van der Waals surface area contributed by atoms with Crippen LogP contribution < -0.4 is 0 Å². The van der Waals surface area contributed by atoms with Gasteiger partial charge in [-0.25, -0.2) is 0 Å². The van der Waals surface area contributed by atoms with Gasteiger partial charge in [-0.05, 0) is 18.5 Å². The van der Waals surface area contributed by atoms with E-state index in [1.807, 2.05) is 18.2 Å². The van der Waals surface area contributed by atoms with Gasteiger partial charge in [0.2, 0.25) is 0 Å². The van der Waals surface area contributed by atoms with Crippen LogP contribution in [0.15, 0.2) is 30.3 Å². The maximum atomic E-state index is 9.29. The Morgan fingerprint density at radius 1 is 0.760 bits per heavy atom. The van der Waals surface area contributed by atoms with Crippen molar-refractivity contribution in [2.24, 2.45) is 0 Å². The maximum Gasteiger partial charge on any atom is 0.164 e. The minimum Gasteiger partial charge on any atom is -0.367 e. The summed E-state index contributed by atoms with van der Waals surface area (Å²) in [5.41, 5.74) is 1.23. The van der Waals surface area contributed by atoms with Gasteiger partial charge in [-0.3, -0.25) is 4.90 Å². The van der Waals surface area contributed by atoms with Crippen molar-refractivity contribution in [3.63, 3.8) is 0 Å². The highest BCUT2D eigenvalue weighted by Crippen LogP contribution is 2.12. The van der Waals surface area contributed by atoms with E-state index in [1.54, 1.807) is 0 Å². The first-order valence-electron chi connectivity index (χ1n) is 10.3. The second-order valence-corrected chi connectivity index (χ2v) is 7.24. The highest BCUT2D eigenvalue weighted by atomic mass is 16.5. The van der Waals surface area contributed by atoms with E-state index in [0.29, 0.717) is 6.54 Å². The number of rotatable bonds is 16. The van der Waals surface area contributed by atoms with Crippen LogP contribution in [-0.4, -0.2) is 34.5 Å². The smallest absolute Gasteiger partial charge is 0.164 e. The normalized spacial score (nSPS) is 11.6. The number of hydrogen-bond acceptors (Lipinski definition) is 3. The summed E-state index contributed by atoms with van der Waals surface area (Å²) in [7, 11) is 0. The van der Waals surface area contributed by atoms with Crippen LogP contribution in [0.3, 0.4) is 0 Å². The van der Waals surface area contributed by atoms with Gasteiger partial charge in [-0.15, -0.1) is 0 Å². The highest BCUT2D eigenvalue weighted by molar-refractivity contribution is 5.14. The van der Waals surface area contributed by atoms with Gasteiger partial charge in [0, 0.05) is 13.1 Å². The monoisotopic (exact) mass is 349 g/mol. The van der Waals surface area contributed by atoms with E-state index in [9.17, 15) is 10.2 Å². The van der Waals surface area contributed by atoms with Gasteiger partial charge in [0.1, 0.15) is 0 Å². The Bertz CT molecular complexity index is 394. The molecule has 25 heavy (non-hydrogen) atoms. The lowest BCUT2D eigenvalue weighted by atomic mass is 10.1. The molecule has 3 heteroatoms. The Morgan fingerprint density at radius 3 is 1.80 bits per heavy atom. The molecular formula is C22H39NO2. The van der Waals surface area contributed by atoms with E-state index in [4.69, 9.17) is 0 Å². The first-order chi connectivity index (χ1) is 12.2. The maximum absolute atomic E-state index is 9.29. The van der Waals surface area contributed by atoms with Gasteiger partial charge in [0.15, 0.2) is 6.29 Å². The van der Waals surface area contributed by atoms with Gasteiger partial charge in [0.05, 0.1) is 0 Å². The zero-order valence-corrected chi connectivity index (χ0v) is 16.2. The van der Waals surface area contributed by atoms with E-state index < -0.39 is 6.29 Å². The Kier molecular flexibility index (Phi) is 13.6. The Morgan fingerprint density at radius 2 is 1.28 bits per heavy atom. The molecule has 0 unspecified atom stereocenters. The number of aliphatic hydroxyl groups excluding tert-OH is 1. The fourth-order valence-corrected chi connectivity index (χ4v) is 3.31. The zero-order chi connectivity index (χ0) is 18.2. The Hall–Kier alpha value is -0.900. The molecule has 144 valence electrons. The summed E-state index contributed by atoms with van der Waals surface area (Å²) in [5, 5.41) is 18.6. The second-order valence-electron chi connectivity index (χ2n) is 7.24. The van der Waals surface area contributed by atoms with Crippen LogP contribution in [0.25, 0.3) is 0 Å². The first kappa shape index (κ1) is 22.1. The van der Waals surface area contributed by atoms with Crippen LogP contribution in [0.4, 0.5) is 0 Å². The van der Waals surface area contributed by atoms with Crippen molar-refractivity contribution in [3.05, 3.63) is 35.9 Å². The van der Waals surface area contributed by atoms with E-state index in [-0.39, 0.29) is 0 Å². The summed E-state index contributed by atoms with van der Waals surface area (Å²) < 4.78 is 0. The van der Waals surface area contributed by atoms with E-state index in [0.717, 1.165) is 19.5 Å². The molecule has 0 heterocycles.